The lowest BCUT2D eigenvalue weighted by Crippen LogP contribution is -2.49. The Morgan fingerprint density at radius 1 is 1.29 bits per heavy atom. The Morgan fingerprint density at radius 3 is 2.58 bits per heavy atom. The Kier molecular flexibility index (Phi) is 7.76. The largest absolute Gasteiger partial charge is 0.437 e. The van der Waals surface area contributed by atoms with E-state index in [0.717, 1.165) is 24.3 Å². The molecule has 2 aliphatic carbocycles. The average Bonchev–Trinajstić information content (AvgIpc) is 2.53. The first kappa shape index (κ1) is 21.0. The summed E-state index contributed by atoms with van der Waals surface area (Å²) in [4.78, 5) is 10.3. The van der Waals surface area contributed by atoms with Gasteiger partial charge in [0.15, 0.2) is 0 Å². The minimum Gasteiger partial charge on any atom is -0.437 e. The van der Waals surface area contributed by atoms with Gasteiger partial charge in [0.1, 0.15) is 0 Å². The van der Waals surface area contributed by atoms with Gasteiger partial charge in [0.05, 0.1) is 6.26 Å². The number of hydrogen-bond donors (Lipinski definition) is 0. The standard InChI is InChI=1S/C20H32O2.C2H6/c1-15(13-22-14-21)7-9-17-16(2)8-10-18-19(3,4)11-6-12-20(17,18)5;1-2/h13-14,17-18H,2,6-12H2,1,3-5H3;1-2H3/b15-13-;. The molecular formula is C22H38O2. The summed E-state index contributed by atoms with van der Waals surface area (Å²) in [7, 11) is 0. The quantitative estimate of drug-likeness (QED) is 0.319. The van der Waals surface area contributed by atoms with Crippen molar-refractivity contribution in [1.82, 2.24) is 0 Å². The number of ether oxygens (including phenoxy) is 1. The smallest absolute Gasteiger partial charge is 0.297 e. The second-order valence-corrected chi connectivity index (χ2v) is 8.39. The van der Waals surface area contributed by atoms with Crippen LogP contribution in [0.3, 0.4) is 0 Å². The molecule has 3 atom stereocenters. The summed E-state index contributed by atoms with van der Waals surface area (Å²) in [6.45, 7) is 18.4. The van der Waals surface area contributed by atoms with Crippen LogP contribution in [-0.4, -0.2) is 6.47 Å². The molecule has 0 aliphatic heterocycles. The van der Waals surface area contributed by atoms with E-state index >= 15 is 0 Å². The summed E-state index contributed by atoms with van der Waals surface area (Å²) in [6.07, 6.45) is 10.2. The summed E-state index contributed by atoms with van der Waals surface area (Å²) in [5.41, 5.74) is 3.43. The topological polar surface area (TPSA) is 26.3 Å². The van der Waals surface area contributed by atoms with Gasteiger partial charge >= 0.3 is 0 Å². The van der Waals surface area contributed by atoms with Gasteiger partial charge in [-0.15, -0.1) is 0 Å². The van der Waals surface area contributed by atoms with Crippen molar-refractivity contribution < 1.29 is 9.53 Å². The maximum absolute atomic E-state index is 10.3. The highest BCUT2D eigenvalue weighted by Crippen LogP contribution is 2.61. The van der Waals surface area contributed by atoms with Crippen molar-refractivity contribution in [1.29, 1.82) is 0 Å². The molecule has 0 heterocycles. The Hall–Kier alpha value is -1.05. The first-order valence-corrected chi connectivity index (χ1v) is 9.73. The van der Waals surface area contributed by atoms with E-state index in [0.29, 0.717) is 23.2 Å². The first-order valence-electron chi connectivity index (χ1n) is 9.73. The van der Waals surface area contributed by atoms with Gasteiger partial charge in [0.2, 0.25) is 0 Å². The zero-order valence-electron chi connectivity index (χ0n) is 16.8. The normalized spacial score (nSPS) is 32.2. The van der Waals surface area contributed by atoms with Crippen LogP contribution in [0.25, 0.3) is 0 Å². The van der Waals surface area contributed by atoms with E-state index in [-0.39, 0.29) is 0 Å². The van der Waals surface area contributed by atoms with Crippen LogP contribution in [0.15, 0.2) is 24.0 Å². The van der Waals surface area contributed by atoms with E-state index in [9.17, 15) is 4.79 Å². The van der Waals surface area contributed by atoms with E-state index in [1.165, 1.54) is 37.7 Å². The highest BCUT2D eigenvalue weighted by atomic mass is 16.5. The minimum absolute atomic E-state index is 0.392. The van der Waals surface area contributed by atoms with Crippen LogP contribution >= 0.6 is 0 Å². The fourth-order valence-corrected chi connectivity index (χ4v) is 5.38. The molecule has 3 unspecified atom stereocenters. The number of hydrogen-bond acceptors (Lipinski definition) is 2. The summed E-state index contributed by atoms with van der Waals surface area (Å²) in [6, 6.07) is 0. The van der Waals surface area contributed by atoms with E-state index in [4.69, 9.17) is 4.74 Å². The number of rotatable bonds is 5. The molecule has 2 fully saturated rings. The third-order valence-corrected chi connectivity index (χ3v) is 6.47. The lowest BCUT2D eigenvalue weighted by Gasteiger charge is -2.58. The highest BCUT2D eigenvalue weighted by Gasteiger charge is 2.52. The summed E-state index contributed by atoms with van der Waals surface area (Å²) >= 11 is 0. The van der Waals surface area contributed by atoms with E-state index in [1.54, 1.807) is 6.26 Å². The van der Waals surface area contributed by atoms with Crippen molar-refractivity contribution in [3.63, 3.8) is 0 Å². The zero-order chi connectivity index (χ0) is 18.4. The highest BCUT2D eigenvalue weighted by molar-refractivity contribution is 5.38. The molecule has 24 heavy (non-hydrogen) atoms. The fourth-order valence-electron chi connectivity index (χ4n) is 5.38. The van der Waals surface area contributed by atoms with Gasteiger partial charge < -0.3 is 4.74 Å². The molecular weight excluding hydrogens is 296 g/mol. The molecule has 0 aromatic rings. The molecule has 0 spiro atoms. The molecule has 2 aliphatic rings. The van der Waals surface area contributed by atoms with E-state index < -0.39 is 0 Å². The van der Waals surface area contributed by atoms with Crippen molar-refractivity contribution in [2.45, 2.75) is 86.5 Å². The SMILES string of the molecule is C=C1CCC2C(C)(C)CCCC2(C)C1CC/C(C)=C\OC=O.CC. The van der Waals surface area contributed by atoms with Crippen LogP contribution in [0.2, 0.25) is 0 Å². The fraction of sp³-hybridized carbons (Fsp3) is 0.773. The predicted octanol–water partition coefficient (Wildman–Crippen LogP) is 6.67. The molecule has 2 saturated carbocycles. The molecule has 0 aromatic heterocycles. The summed E-state index contributed by atoms with van der Waals surface area (Å²) < 4.78 is 4.76. The van der Waals surface area contributed by atoms with Gasteiger partial charge in [0.25, 0.3) is 6.47 Å². The van der Waals surface area contributed by atoms with Crippen molar-refractivity contribution in [3.8, 4) is 0 Å². The van der Waals surface area contributed by atoms with Gasteiger partial charge in [-0.05, 0) is 73.7 Å². The van der Waals surface area contributed by atoms with Gasteiger partial charge in [-0.25, -0.2) is 0 Å². The Morgan fingerprint density at radius 2 is 1.96 bits per heavy atom. The summed E-state index contributed by atoms with van der Waals surface area (Å²) in [5.74, 6) is 1.41. The van der Waals surface area contributed by atoms with Gasteiger partial charge in [-0.3, -0.25) is 4.79 Å². The van der Waals surface area contributed by atoms with Crippen LogP contribution in [0.1, 0.15) is 86.5 Å². The Balaban J connectivity index is 0.00000139. The third kappa shape index (κ3) is 4.52. The van der Waals surface area contributed by atoms with Gasteiger partial charge in [0, 0.05) is 0 Å². The van der Waals surface area contributed by atoms with Crippen LogP contribution in [0, 0.1) is 22.7 Å². The first-order chi connectivity index (χ1) is 11.3. The third-order valence-electron chi connectivity index (χ3n) is 6.47. The number of fused-ring (bicyclic) bond motifs is 1. The molecule has 0 radical (unpaired) electrons. The molecule has 2 nitrogen and oxygen atoms in total. The second-order valence-electron chi connectivity index (χ2n) is 8.39. The van der Waals surface area contributed by atoms with Crippen molar-refractivity contribution in [2.75, 3.05) is 0 Å². The average molecular weight is 335 g/mol. The number of allylic oxidation sites excluding steroid dienone is 2. The van der Waals surface area contributed by atoms with Crippen molar-refractivity contribution in [2.24, 2.45) is 22.7 Å². The van der Waals surface area contributed by atoms with Crippen LogP contribution in [-0.2, 0) is 9.53 Å². The zero-order valence-corrected chi connectivity index (χ0v) is 16.8. The maximum atomic E-state index is 10.3. The van der Waals surface area contributed by atoms with Crippen LogP contribution < -0.4 is 0 Å². The molecule has 0 amide bonds. The molecule has 0 bridgehead atoms. The van der Waals surface area contributed by atoms with Crippen molar-refractivity contribution >= 4 is 6.47 Å². The molecule has 2 heteroatoms. The van der Waals surface area contributed by atoms with E-state index in [1.807, 2.05) is 20.8 Å². The molecule has 0 saturated heterocycles. The monoisotopic (exact) mass is 334 g/mol. The van der Waals surface area contributed by atoms with Gasteiger partial charge in [-0.1, -0.05) is 53.2 Å². The molecule has 2 rings (SSSR count). The van der Waals surface area contributed by atoms with E-state index in [2.05, 4.69) is 27.4 Å². The molecule has 138 valence electrons. The Labute approximate surface area is 149 Å². The maximum Gasteiger partial charge on any atom is 0.297 e. The lowest BCUT2D eigenvalue weighted by molar-refractivity contribution is -0.123. The summed E-state index contributed by atoms with van der Waals surface area (Å²) in [5, 5.41) is 0. The number of carbonyl (C=O) groups excluding carboxylic acids is 1. The second kappa shape index (κ2) is 8.87. The van der Waals surface area contributed by atoms with Gasteiger partial charge in [-0.2, -0.15) is 0 Å². The lowest BCUT2D eigenvalue weighted by atomic mass is 9.47. The van der Waals surface area contributed by atoms with Crippen molar-refractivity contribution in [3.05, 3.63) is 24.0 Å². The molecule has 0 aromatic carbocycles. The Bertz CT molecular complexity index is 461. The predicted molar refractivity (Wildman–Crippen MR) is 103 cm³/mol. The number of carbonyl (C=O) groups is 1. The minimum atomic E-state index is 0.392. The van der Waals surface area contributed by atoms with Crippen LogP contribution in [0.4, 0.5) is 0 Å². The van der Waals surface area contributed by atoms with Crippen LogP contribution in [0.5, 0.6) is 0 Å². The molecule has 0 N–H and O–H groups in total.